The summed E-state index contributed by atoms with van der Waals surface area (Å²) >= 11 is 1.09. The fraction of sp³-hybridized carbons (Fsp3) is 0.250. The Morgan fingerprint density at radius 1 is 1.22 bits per heavy atom. The van der Waals surface area contributed by atoms with Crippen LogP contribution in [0, 0.1) is 25.5 Å². The van der Waals surface area contributed by atoms with Crippen molar-refractivity contribution in [2.75, 3.05) is 5.75 Å². The number of aryl methyl sites for hydroxylation is 2. The van der Waals surface area contributed by atoms with Gasteiger partial charge in [0.1, 0.15) is 0 Å². The number of carbonyl (C=O) groups is 1. The first-order valence-electron chi connectivity index (χ1n) is 6.91. The molecule has 4 nitrogen and oxygen atoms in total. The first-order valence-corrected chi connectivity index (χ1v) is 7.89. The van der Waals surface area contributed by atoms with Crippen LogP contribution in [-0.2, 0) is 11.3 Å². The number of pyridine rings is 1. The van der Waals surface area contributed by atoms with Gasteiger partial charge >= 0.3 is 0 Å². The Labute approximate surface area is 136 Å². The summed E-state index contributed by atoms with van der Waals surface area (Å²) in [6.45, 7) is 3.72. The zero-order chi connectivity index (χ0) is 17.0. The second-order valence-electron chi connectivity index (χ2n) is 5.08. The highest BCUT2D eigenvalue weighted by molar-refractivity contribution is 8.00. The molecule has 122 valence electrons. The van der Waals surface area contributed by atoms with Gasteiger partial charge in [-0.25, -0.2) is 8.78 Å². The number of halogens is 2. The minimum absolute atomic E-state index is 0.0495. The summed E-state index contributed by atoms with van der Waals surface area (Å²) in [5.41, 5.74) is 1.84. The van der Waals surface area contributed by atoms with Gasteiger partial charge in [-0.3, -0.25) is 9.59 Å². The standard InChI is InChI=1S/C16H16F2N2O2S/c1-9-5-10(2)20-16(22)12(9)7-19-15(21)8-23-11-3-4-13(17)14(18)6-11/h3-6H,7-8H2,1-2H3,(H,19,21)(H,20,22). The summed E-state index contributed by atoms with van der Waals surface area (Å²) in [4.78, 5) is 26.8. The summed E-state index contributed by atoms with van der Waals surface area (Å²) in [5, 5.41) is 2.65. The summed E-state index contributed by atoms with van der Waals surface area (Å²) in [6, 6.07) is 5.30. The van der Waals surface area contributed by atoms with E-state index >= 15 is 0 Å². The molecule has 0 saturated carbocycles. The Morgan fingerprint density at radius 2 is 1.96 bits per heavy atom. The molecule has 2 rings (SSSR count). The number of benzene rings is 1. The molecule has 0 aliphatic carbocycles. The van der Waals surface area contributed by atoms with Crippen molar-refractivity contribution in [3.8, 4) is 0 Å². The van der Waals surface area contributed by atoms with E-state index in [2.05, 4.69) is 10.3 Å². The third-order valence-electron chi connectivity index (χ3n) is 3.22. The van der Waals surface area contributed by atoms with Gasteiger partial charge in [-0.2, -0.15) is 0 Å². The molecular formula is C16H16F2N2O2S. The molecule has 7 heteroatoms. The topological polar surface area (TPSA) is 62.0 Å². The van der Waals surface area contributed by atoms with Gasteiger partial charge in [-0.05, 0) is 43.7 Å². The van der Waals surface area contributed by atoms with Crippen molar-refractivity contribution in [1.29, 1.82) is 0 Å². The summed E-state index contributed by atoms with van der Waals surface area (Å²) in [5.74, 6) is -2.11. The Balaban J connectivity index is 1.91. The number of H-pyrrole nitrogens is 1. The van der Waals surface area contributed by atoms with Gasteiger partial charge in [-0.15, -0.1) is 11.8 Å². The molecule has 0 saturated heterocycles. The van der Waals surface area contributed by atoms with Gasteiger partial charge < -0.3 is 10.3 Å². The SMILES string of the molecule is Cc1cc(C)c(CNC(=O)CSc2ccc(F)c(F)c2)c(=O)[nH]1. The molecular weight excluding hydrogens is 322 g/mol. The van der Waals surface area contributed by atoms with Crippen LogP contribution in [0.4, 0.5) is 8.78 Å². The van der Waals surface area contributed by atoms with Crippen LogP contribution in [0.25, 0.3) is 0 Å². The molecule has 0 atom stereocenters. The zero-order valence-electron chi connectivity index (χ0n) is 12.7. The molecule has 2 N–H and O–H groups in total. The number of carbonyl (C=O) groups excluding carboxylic acids is 1. The zero-order valence-corrected chi connectivity index (χ0v) is 13.5. The highest BCUT2D eigenvalue weighted by atomic mass is 32.2. The van der Waals surface area contributed by atoms with E-state index < -0.39 is 11.6 Å². The van der Waals surface area contributed by atoms with Crippen molar-refractivity contribution in [2.45, 2.75) is 25.3 Å². The average Bonchev–Trinajstić information content (AvgIpc) is 2.47. The molecule has 0 unspecified atom stereocenters. The molecule has 1 aromatic carbocycles. The van der Waals surface area contributed by atoms with Crippen LogP contribution in [0.2, 0.25) is 0 Å². The van der Waals surface area contributed by atoms with E-state index in [1.807, 2.05) is 6.07 Å². The van der Waals surface area contributed by atoms with E-state index in [4.69, 9.17) is 0 Å². The molecule has 0 radical (unpaired) electrons. The molecule has 0 aliphatic rings. The van der Waals surface area contributed by atoms with Crippen LogP contribution < -0.4 is 10.9 Å². The fourth-order valence-electron chi connectivity index (χ4n) is 2.05. The average molecular weight is 338 g/mol. The van der Waals surface area contributed by atoms with E-state index in [-0.39, 0.29) is 23.8 Å². The Kier molecular flexibility index (Phi) is 5.54. The minimum Gasteiger partial charge on any atom is -0.351 e. The predicted molar refractivity (Wildman–Crippen MR) is 85.5 cm³/mol. The lowest BCUT2D eigenvalue weighted by Gasteiger charge is -2.08. The Hall–Kier alpha value is -2.15. The maximum atomic E-state index is 13.1. The largest absolute Gasteiger partial charge is 0.351 e. The summed E-state index contributed by atoms with van der Waals surface area (Å²) < 4.78 is 25.9. The number of thioether (sulfide) groups is 1. The molecule has 1 amide bonds. The van der Waals surface area contributed by atoms with Gasteiger partial charge in [0.2, 0.25) is 5.91 Å². The Bertz CT molecular complexity index is 790. The van der Waals surface area contributed by atoms with Crippen LogP contribution in [-0.4, -0.2) is 16.6 Å². The van der Waals surface area contributed by atoms with Crippen molar-refractivity contribution in [1.82, 2.24) is 10.3 Å². The number of aromatic nitrogens is 1. The highest BCUT2D eigenvalue weighted by Gasteiger charge is 2.09. The van der Waals surface area contributed by atoms with Crippen LogP contribution in [0.1, 0.15) is 16.8 Å². The molecule has 0 fully saturated rings. The molecule has 1 heterocycles. The lowest BCUT2D eigenvalue weighted by atomic mass is 10.1. The normalized spacial score (nSPS) is 10.6. The summed E-state index contributed by atoms with van der Waals surface area (Å²) in [6.07, 6.45) is 0. The van der Waals surface area contributed by atoms with Gasteiger partial charge in [0.05, 0.1) is 5.75 Å². The summed E-state index contributed by atoms with van der Waals surface area (Å²) in [7, 11) is 0. The van der Waals surface area contributed by atoms with E-state index in [0.717, 1.165) is 35.2 Å². The lowest BCUT2D eigenvalue weighted by molar-refractivity contribution is -0.118. The van der Waals surface area contributed by atoms with Crippen LogP contribution in [0.15, 0.2) is 34.0 Å². The van der Waals surface area contributed by atoms with Crippen molar-refractivity contribution >= 4 is 17.7 Å². The van der Waals surface area contributed by atoms with Crippen molar-refractivity contribution < 1.29 is 13.6 Å². The van der Waals surface area contributed by atoms with E-state index in [1.165, 1.54) is 6.07 Å². The monoisotopic (exact) mass is 338 g/mol. The third kappa shape index (κ3) is 4.66. The van der Waals surface area contributed by atoms with E-state index in [0.29, 0.717) is 10.5 Å². The second-order valence-corrected chi connectivity index (χ2v) is 6.13. The van der Waals surface area contributed by atoms with Crippen LogP contribution in [0.5, 0.6) is 0 Å². The number of aromatic amines is 1. The second kappa shape index (κ2) is 7.41. The van der Waals surface area contributed by atoms with Gasteiger partial charge in [-0.1, -0.05) is 0 Å². The molecule has 0 bridgehead atoms. The number of nitrogens with one attached hydrogen (secondary N) is 2. The fourth-order valence-corrected chi connectivity index (χ4v) is 2.81. The van der Waals surface area contributed by atoms with Gasteiger partial charge in [0, 0.05) is 22.7 Å². The van der Waals surface area contributed by atoms with Crippen molar-refractivity contribution in [3.63, 3.8) is 0 Å². The molecule has 1 aromatic heterocycles. The maximum Gasteiger partial charge on any atom is 0.253 e. The highest BCUT2D eigenvalue weighted by Crippen LogP contribution is 2.20. The molecule has 0 spiro atoms. The Morgan fingerprint density at radius 3 is 2.61 bits per heavy atom. The van der Waals surface area contributed by atoms with Crippen molar-refractivity contribution in [2.24, 2.45) is 0 Å². The van der Waals surface area contributed by atoms with E-state index in [9.17, 15) is 18.4 Å². The first kappa shape index (κ1) is 17.2. The number of rotatable bonds is 5. The smallest absolute Gasteiger partial charge is 0.253 e. The third-order valence-corrected chi connectivity index (χ3v) is 4.21. The number of amides is 1. The minimum atomic E-state index is -0.947. The maximum absolute atomic E-state index is 13.1. The van der Waals surface area contributed by atoms with Gasteiger partial charge in [0.25, 0.3) is 5.56 Å². The predicted octanol–water partition coefficient (Wildman–Crippen LogP) is 2.68. The van der Waals surface area contributed by atoms with Crippen LogP contribution in [0.3, 0.4) is 0 Å². The molecule has 23 heavy (non-hydrogen) atoms. The molecule has 2 aromatic rings. The molecule has 0 aliphatic heterocycles. The van der Waals surface area contributed by atoms with Crippen LogP contribution >= 0.6 is 11.8 Å². The number of hydrogen-bond donors (Lipinski definition) is 2. The number of hydrogen-bond acceptors (Lipinski definition) is 3. The quantitative estimate of drug-likeness (QED) is 0.824. The van der Waals surface area contributed by atoms with Crippen molar-refractivity contribution in [3.05, 3.63) is 63.1 Å². The first-order chi connectivity index (χ1) is 10.9. The van der Waals surface area contributed by atoms with E-state index in [1.54, 1.807) is 13.8 Å². The van der Waals surface area contributed by atoms with Gasteiger partial charge in [0.15, 0.2) is 11.6 Å². The lowest BCUT2D eigenvalue weighted by Crippen LogP contribution is -2.29.